The van der Waals surface area contributed by atoms with Crippen LogP contribution in [0.2, 0.25) is 0 Å². The second kappa shape index (κ2) is 10.4. The van der Waals surface area contributed by atoms with Crippen molar-refractivity contribution < 1.29 is 23.1 Å². The number of carbonyl (C=O) groups is 2. The maximum absolute atomic E-state index is 13.0. The lowest BCUT2D eigenvalue weighted by atomic mass is 10.1. The number of anilines is 1. The first-order valence-corrected chi connectivity index (χ1v) is 11.0. The monoisotopic (exact) mass is 457 g/mol. The van der Waals surface area contributed by atoms with Crippen LogP contribution in [0.3, 0.4) is 0 Å². The fraction of sp³-hybridized carbons (Fsp3) is 0.304. The highest BCUT2D eigenvalue weighted by atomic mass is 32.2. The van der Waals surface area contributed by atoms with E-state index in [1.165, 1.54) is 24.3 Å². The Labute approximate surface area is 189 Å². The van der Waals surface area contributed by atoms with Gasteiger partial charge in [-0.05, 0) is 62.4 Å². The molecule has 0 radical (unpaired) electrons. The molecule has 1 N–H and O–H groups in total. The predicted molar refractivity (Wildman–Crippen MR) is 119 cm³/mol. The standard InChI is InChI=1S/C23H24FN3O4S/c1-13(2)21(29)25-18-9-5-16(6-10-18)20(28)15(4)32-23-27-26-22(31-23)14(3)30-19-11-7-17(24)8-12-19/h5-15H,1-4H3,(H,25,29). The van der Waals surface area contributed by atoms with Crippen LogP contribution in [-0.2, 0) is 4.79 Å². The molecule has 0 spiro atoms. The Hall–Kier alpha value is -3.20. The Morgan fingerprint density at radius 1 is 1.00 bits per heavy atom. The van der Waals surface area contributed by atoms with E-state index in [2.05, 4.69) is 15.5 Å². The minimum Gasteiger partial charge on any atom is -0.481 e. The number of Topliss-reactive ketones (excluding diaryl/α,β-unsaturated/α-hetero) is 1. The van der Waals surface area contributed by atoms with Crippen molar-refractivity contribution in [3.05, 3.63) is 65.8 Å². The molecule has 2 atom stereocenters. The van der Waals surface area contributed by atoms with Crippen LogP contribution < -0.4 is 10.1 Å². The average molecular weight is 458 g/mol. The molecule has 0 aliphatic carbocycles. The zero-order chi connectivity index (χ0) is 23.3. The maximum atomic E-state index is 13.0. The van der Waals surface area contributed by atoms with Gasteiger partial charge in [0.2, 0.25) is 5.91 Å². The summed E-state index contributed by atoms with van der Waals surface area (Å²) in [6.45, 7) is 7.11. The van der Waals surface area contributed by atoms with Gasteiger partial charge in [-0.15, -0.1) is 10.2 Å². The summed E-state index contributed by atoms with van der Waals surface area (Å²) in [6, 6.07) is 12.4. The molecule has 3 rings (SSSR count). The van der Waals surface area contributed by atoms with E-state index in [9.17, 15) is 14.0 Å². The summed E-state index contributed by atoms with van der Waals surface area (Å²) < 4.78 is 24.3. The summed E-state index contributed by atoms with van der Waals surface area (Å²) in [5.41, 5.74) is 1.15. The molecule has 3 aromatic rings. The van der Waals surface area contributed by atoms with Crippen molar-refractivity contribution in [3.8, 4) is 5.75 Å². The Bertz CT molecular complexity index is 1070. The van der Waals surface area contributed by atoms with Crippen LogP contribution in [0.5, 0.6) is 5.75 Å². The Kier molecular flexibility index (Phi) is 7.63. The van der Waals surface area contributed by atoms with E-state index in [-0.39, 0.29) is 34.5 Å². The van der Waals surface area contributed by atoms with Crippen molar-refractivity contribution in [2.45, 2.75) is 44.3 Å². The smallest absolute Gasteiger partial charge is 0.277 e. The van der Waals surface area contributed by atoms with Gasteiger partial charge in [0.15, 0.2) is 11.9 Å². The number of halogens is 1. The van der Waals surface area contributed by atoms with Crippen LogP contribution in [0, 0.1) is 11.7 Å². The molecule has 0 fully saturated rings. The fourth-order valence-electron chi connectivity index (χ4n) is 2.64. The third-order valence-corrected chi connectivity index (χ3v) is 5.44. The third kappa shape index (κ3) is 6.16. The third-order valence-electron chi connectivity index (χ3n) is 4.50. The zero-order valence-corrected chi connectivity index (χ0v) is 19.0. The topological polar surface area (TPSA) is 94.3 Å². The van der Waals surface area contributed by atoms with Crippen molar-refractivity contribution in [1.82, 2.24) is 10.2 Å². The molecule has 168 valence electrons. The molecule has 1 aromatic heterocycles. The van der Waals surface area contributed by atoms with Crippen LogP contribution in [0.4, 0.5) is 10.1 Å². The van der Waals surface area contributed by atoms with Gasteiger partial charge in [-0.2, -0.15) is 0 Å². The number of thioether (sulfide) groups is 1. The Morgan fingerprint density at radius 3 is 2.28 bits per heavy atom. The number of hydrogen-bond donors (Lipinski definition) is 1. The molecule has 2 unspecified atom stereocenters. The number of rotatable bonds is 9. The lowest BCUT2D eigenvalue weighted by Crippen LogP contribution is -2.18. The average Bonchev–Trinajstić information content (AvgIpc) is 3.24. The van der Waals surface area contributed by atoms with E-state index in [1.807, 2.05) is 13.8 Å². The predicted octanol–water partition coefficient (Wildman–Crippen LogP) is 5.31. The number of ether oxygens (including phenoxy) is 1. The molecule has 0 aliphatic rings. The summed E-state index contributed by atoms with van der Waals surface area (Å²) in [5, 5.41) is 10.5. The maximum Gasteiger partial charge on any atom is 0.277 e. The van der Waals surface area contributed by atoms with E-state index in [0.717, 1.165) is 11.8 Å². The van der Waals surface area contributed by atoms with Crippen LogP contribution in [0.25, 0.3) is 0 Å². The number of nitrogens with one attached hydrogen (secondary N) is 1. The Balaban J connectivity index is 1.58. The molecular formula is C23H24FN3O4S. The van der Waals surface area contributed by atoms with Gasteiger partial charge in [0, 0.05) is 17.2 Å². The van der Waals surface area contributed by atoms with Gasteiger partial charge in [-0.25, -0.2) is 4.39 Å². The molecular weight excluding hydrogens is 433 g/mol. The second-order valence-electron chi connectivity index (χ2n) is 7.47. The summed E-state index contributed by atoms with van der Waals surface area (Å²) >= 11 is 1.15. The van der Waals surface area contributed by atoms with Gasteiger partial charge in [-0.1, -0.05) is 25.6 Å². The quantitative estimate of drug-likeness (QED) is 0.344. The van der Waals surface area contributed by atoms with E-state index in [4.69, 9.17) is 9.15 Å². The number of ketones is 1. The van der Waals surface area contributed by atoms with E-state index >= 15 is 0 Å². The van der Waals surface area contributed by atoms with Crippen LogP contribution in [-0.4, -0.2) is 27.1 Å². The van der Waals surface area contributed by atoms with E-state index in [1.54, 1.807) is 38.1 Å². The minimum atomic E-state index is -0.540. The number of carbonyl (C=O) groups excluding carboxylic acids is 2. The minimum absolute atomic E-state index is 0.0853. The highest BCUT2D eigenvalue weighted by Crippen LogP contribution is 2.28. The molecule has 7 nitrogen and oxygen atoms in total. The van der Waals surface area contributed by atoms with Gasteiger partial charge < -0.3 is 14.5 Å². The summed E-state index contributed by atoms with van der Waals surface area (Å²) in [5.74, 6) is 0.0560. The fourth-order valence-corrected chi connectivity index (χ4v) is 3.41. The van der Waals surface area contributed by atoms with Crippen molar-refractivity contribution >= 4 is 29.1 Å². The largest absolute Gasteiger partial charge is 0.481 e. The molecule has 2 aromatic carbocycles. The van der Waals surface area contributed by atoms with Crippen LogP contribution in [0.15, 0.2) is 58.2 Å². The van der Waals surface area contributed by atoms with E-state index in [0.29, 0.717) is 17.0 Å². The lowest BCUT2D eigenvalue weighted by molar-refractivity contribution is -0.118. The second-order valence-corrected chi connectivity index (χ2v) is 8.76. The highest BCUT2D eigenvalue weighted by Gasteiger charge is 2.22. The van der Waals surface area contributed by atoms with Gasteiger partial charge in [-0.3, -0.25) is 9.59 Å². The van der Waals surface area contributed by atoms with Gasteiger partial charge in [0.1, 0.15) is 11.6 Å². The number of aromatic nitrogens is 2. The summed E-state index contributed by atoms with van der Waals surface area (Å²) in [7, 11) is 0. The first kappa shape index (κ1) is 23.5. The van der Waals surface area contributed by atoms with Crippen molar-refractivity contribution in [2.75, 3.05) is 5.32 Å². The molecule has 0 saturated heterocycles. The Morgan fingerprint density at radius 2 is 1.66 bits per heavy atom. The van der Waals surface area contributed by atoms with Gasteiger partial charge in [0.25, 0.3) is 11.1 Å². The van der Waals surface area contributed by atoms with Gasteiger partial charge in [0.05, 0.1) is 5.25 Å². The molecule has 32 heavy (non-hydrogen) atoms. The highest BCUT2D eigenvalue weighted by molar-refractivity contribution is 8.00. The molecule has 9 heteroatoms. The molecule has 0 bridgehead atoms. The van der Waals surface area contributed by atoms with Crippen LogP contribution in [0.1, 0.15) is 50.0 Å². The number of nitrogens with zero attached hydrogens (tertiary/aromatic N) is 2. The molecule has 1 heterocycles. The first-order valence-electron chi connectivity index (χ1n) is 10.1. The van der Waals surface area contributed by atoms with Crippen LogP contribution >= 0.6 is 11.8 Å². The summed E-state index contributed by atoms with van der Waals surface area (Å²) in [6.07, 6.45) is -0.540. The van der Waals surface area contributed by atoms with Gasteiger partial charge >= 0.3 is 0 Å². The SMILES string of the molecule is CC(C)C(=O)Nc1ccc(C(=O)C(C)Sc2nnc(C(C)Oc3ccc(F)cc3)o2)cc1. The number of benzene rings is 2. The number of amides is 1. The molecule has 1 amide bonds. The normalized spacial score (nSPS) is 12.9. The molecule has 0 saturated carbocycles. The van der Waals surface area contributed by atoms with Crippen molar-refractivity contribution in [3.63, 3.8) is 0 Å². The molecule has 0 aliphatic heterocycles. The van der Waals surface area contributed by atoms with Crippen molar-refractivity contribution in [1.29, 1.82) is 0 Å². The lowest BCUT2D eigenvalue weighted by Gasteiger charge is -2.11. The zero-order valence-electron chi connectivity index (χ0n) is 18.2. The van der Waals surface area contributed by atoms with E-state index < -0.39 is 11.4 Å². The number of hydrogen-bond acceptors (Lipinski definition) is 7. The van der Waals surface area contributed by atoms with Crippen molar-refractivity contribution in [2.24, 2.45) is 5.92 Å². The first-order chi connectivity index (χ1) is 15.2. The summed E-state index contributed by atoms with van der Waals surface area (Å²) in [4.78, 5) is 24.5.